The molecule has 148 valence electrons. The van der Waals surface area contributed by atoms with Crippen molar-refractivity contribution in [1.82, 2.24) is 4.90 Å². The van der Waals surface area contributed by atoms with E-state index >= 15 is 0 Å². The van der Waals surface area contributed by atoms with Crippen molar-refractivity contribution in [3.05, 3.63) is 58.1 Å². The van der Waals surface area contributed by atoms with Gasteiger partial charge < -0.3 is 19.7 Å². The molecular formula is C20H20Cl2N2O4. The summed E-state index contributed by atoms with van der Waals surface area (Å²) < 4.78 is 10.4. The van der Waals surface area contributed by atoms with Crippen LogP contribution in [0.3, 0.4) is 0 Å². The molecular weight excluding hydrogens is 403 g/mol. The van der Waals surface area contributed by atoms with Gasteiger partial charge >= 0.3 is 0 Å². The van der Waals surface area contributed by atoms with E-state index in [1.165, 1.54) is 18.0 Å². The van der Waals surface area contributed by atoms with E-state index in [9.17, 15) is 9.59 Å². The fraction of sp³-hybridized carbons (Fsp3) is 0.200. The molecule has 28 heavy (non-hydrogen) atoms. The van der Waals surface area contributed by atoms with Crippen LogP contribution in [-0.2, 0) is 9.59 Å². The fourth-order valence-electron chi connectivity index (χ4n) is 2.33. The van der Waals surface area contributed by atoms with Gasteiger partial charge in [0.05, 0.1) is 30.8 Å². The zero-order valence-electron chi connectivity index (χ0n) is 15.7. The van der Waals surface area contributed by atoms with Gasteiger partial charge in [0, 0.05) is 24.4 Å². The average Bonchev–Trinajstić information content (AvgIpc) is 2.68. The zero-order valence-corrected chi connectivity index (χ0v) is 17.2. The molecule has 0 unspecified atom stereocenters. The lowest BCUT2D eigenvalue weighted by Gasteiger charge is -2.15. The molecule has 2 rings (SSSR count). The number of methoxy groups -OCH3 is 2. The molecule has 0 saturated heterocycles. The van der Waals surface area contributed by atoms with E-state index in [-0.39, 0.29) is 18.4 Å². The molecule has 0 bridgehead atoms. The minimum Gasteiger partial charge on any atom is -0.497 e. The number of carbonyl (C=O) groups is 2. The molecule has 0 aliphatic rings. The second kappa shape index (κ2) is 10.0. The molecule has 0 radical (unpaired) electrons. The van der Waals surface area contributed by atoms with E-state index < -0.39 is 0 Å². The maximum atomic E-state index is 12.3. The van der Waals surface area contributed by atoms with Crippen molar-refractivity contribution in [2.45, 2.75) is 0 Å². The summed E-state index contributed by atoms with van der Waals surface area (Å²) >= 11 is 11.8. The van der Waals surface area contributed by atoms with Crippen LogP contribution in [-0.4, -0.2) is 44.5 Å². The summed E-state index contributed by atoms with van der Waals surface area (Å²) in [5.41, 5.74) is 1.18. The molecule has 2 amide bonds. The van der Waals surface area contributed by atoms with Crippen LogP contribution in [0.2, 0.25) is 10.0 Å². The van der Waals surface area contributed by atoms with E-state index in [1.807, 2.05) is 0 Å². The first kappa shape index (κ1) is 21.6. The highest BCUT2D eigenvalue weighted by Gasteiger charge is 2.12. The van der Waals surface area contributed by atoms with Gasteiger partial charge in [0.2, 0.25) is 11.8 Å². The maximum absolute atomic E-state index is 12.3. The van der Waals surface area contributed by atoms with Gasteiger partial charge in [0.15, 0.2) is 0 Å². The number of benzene rings is 2. The average molecular weight is 423 g/mol. The minimum absolute atomic E-state index is 0.126. The van der Waals surface area contributed by atoms with Crippen molar-refractivity contribution in [2.75, 3.05) is 33.1 Å². The standard InChI is InChI=1S/C20H20Cl2N2O4/c1-24(12-19(25)23-14-5-7-16(21)17(22)11-14)20(26)9-4-13-10-15(27-2)6-8-18(13)28-3/h4-11H,12H2,1-3H3,(H,23,25)/b9-4+. The third kappa shape index (κ3) is 5.90. The van der Waals surface area contributed by atoms with Gasteiger partial charge in [-0.15, -0.1) is 0 Å². The summed E-state index contributed by atoms with van der Waals surface area (Å²) in [5.74, 6) is 0.544. The lowest BCUT2D eigenvalue weighted by Crippen LogP contribution is -2.33. The van der Waals surface area contributed by atoms with E-state index in [4.69, 9.17) is 32.7 Å². The number of carbonyl (C=O) groups excluding carboxylic acids is 2. The summed E-state index contributed by atoms with van der Waals surface area (Å²) in [7, 11) is 4.63. The molecule has 2 aromatic rings. The summed E-state index contributed by atoms with van der Waals surface area (Å²) in [6.45, 7) is -0.126. The molecule has 0 fully saturated rings. The Hall–Kier alpha value is -2.70. The molecule has 0 spiro atoms. The number of hydrogen-bond donors (Lipinski definition) is 1. The lowest BCUT2D eigenvalue weighted by molar-refractivity contribution is -0.129. The van der Waals surface area contributed by atoms with E-state index in [0.717, 1.165) is 0 Å². The Bertz CT molecular complexity index is 900. The first-order valence-electron chi connectivity index (χ1n) is 8.24. The number of nitrogens with zero attached hydrogens (tertiary/aromatic N) is 1. The highest BCUT2D eigenvalue weighted by molar-refractivity contribution is 6.42. The molecule has 0 aliphatic heterocycles. The van der Waals surface area contributed by atoms with Crippen LogP contribution in [0.25, 0.3) is 6.08 Å². The minimum atomic E-state index is -0.360. The topological polar surface area (TPSA) is 67.9 Å². The van der Waals surface area contributed by atoms with Crippen LogP contribution in [0.4, 0.5) is 5.69 Å². The lowest BCUT2D eigenvalue weighted by atomic mass is 10.1. The van der Waals surface area contributed by atoms with Crippen molar-refractivity contribution in [3.8, 4) is 11.5 Å². The molecule has 8 heteroatoms. The molecule has 2 aromatic carbocycles. The fourth-order valence-corrected chi connectivity index (χ4v) is 2.62. The Kier molecular flexibility index (Phi) is 7.72. The highest BCUT2D eigenvalue weighted by atomic mass is 35.5. The molecule has 6 nitrogen and oxygen atoms in total. The van der Waals surface area contributed by atoms with Gasteiger partial charge in [-0.05, 0) is 42.5 Å². The van der Waals surface area contributed by atoms with Crippen LogP contribution in [0.15, 0.2) is 42.5 Å². The van der Waals surface area contributed by atoms with Crippen molar-refractivity contribution >= 4 is 46.8 Å². The molecule has 0 atom stereocenters. The number of halogens is 2. The Morgan fingerprint density at radius 3 is 2.46 bits per heavy atom. The third-order valence-electron chi connectivity index (χ3n) is 3.80. The smallest absolute Gasteiger partial charge is 0.246 e. The van der Waals surface area contributed by atoms with Crippen LogP contribution < -0.4 is 14.8 Å². The van der Waals surface area contributed by atoms with E-state index in [2.05, 4.69) is 5.32 Å². The second-order valence-electron chi connectivity index (χ2n) is 5.81. The van der Waals surface area contributed by atoms with Gasteiger partial charge in [0.25, 0.3) is 0 Å². The maximum Gasteiger partial charge on any atom is 0.246 e. The third-order valence-corrected chi connectivity index (χ3v) is 4.54. The van der Waals surface area contributed by atoms with E-state index in [1.54, 1.807) is 56.7 Å². The Morgan fingerprint density at radius 2 is 1.82 bits per heavy atom. The zero-order chi connectivity index (χ0) is 20.7. The quantitative estimate of drug-likeness (QED) is 0.681. The molecule has 0 saturated carbocycles. The Balaban J connectivity index is 1.99. The van der Waals surface area contributed by atoms with Crippen molar-refractivity contribution in [2.24, 2.45) is 0 Å². The van der Waals surface area contributed by atoms with Gasteiger partial charge in [-0.3, -0.25) is 9.59 Å². The van der Waals surface area contributed by atoms with Crippen LogP contribution in [0.1, 0.15) is 5.56 Å². The van der Waals surface area contributed by atoms with E-state index in [0.29, 0.717) is 32.8 Å². The number of amides is 2. The summed E-state index contributed by atoms with van der Waals surface area (Å²) in [6, 6.07) is 10.0. The van der Waals surface area contributed by atoms with Crippen molar-refractivity contribution in [3.63, 3.8) is 0 Å². The number of anilines is 1. The number of hydrogen-bond acceptors (Lipinski definition) is 4. The monoisotopic (exact) mass is 422 g/mol. The number of rotatable bonds is 7. The van der Waals surface area contributed by atoms with Crippen molar-refractivity contribution < 1.29 is 19.1 Å². The van der Waals surface area contributed by atoms with Gasteiger partial charge in [-0.25, -0.2) is 0 Å². The Labute approximate surface area is 173 Å². The first-order chi connectivity index (χ1) is 13.3. The highest BCUT2D eigenvalue weighted by Crippen LogP contribution is 2.26. The van der Waals surface area contributed by atoms with Crippen molar-refractivity contribution in [1.29, 1.82) is 0 Å². The molecule has 0 aromatic heterocycles. The molecule has 0 heterocycles. The van der Waals surface area contributed by atoms with Gasteiger partial charge in [-0.1, -0.05) is 23.2 Å². The Morgan fingerprint density at radius 1 is 1.07 bits per heavy atom. The molecule has 0 aliphatic carbocycles. The van der Waals surface area contributed by atoms with Crippen LogP contribution in [0, 0.1) is 0 Å². The summed E-state index contributed by atoms with van der Waals surface area (Å²) in [6.07, 6.45) is 2.97. The predicted molar refractivity (Wildman–Crippen MR) is 111 cm³/mol. The predicted octanol–water partition coefficient (Wildman–Crippen LogP) is 4.12. The number of ether oxygens (including phenoxy) is 2. The first-order valence-corrected chi connectivity index (χ1v) is 8.99. The van der Waals surface area contributed by atoms with Gasteiger partial charge in [-0.2, -0.15) is 0 Å². The van der Waals surface area contributed by atoms with Crippen LogP contribution >= 0.6 is 23.2 Å². The van der Waals surface area contributed by atoms with Gasteiger partial charge in [0.1, 0.15) is 11.5 Å². The normalized spacial score (nSPS) is 10.6. The summed E-state index contributed by atoms with van der Waals surface area (Å²) in [4.78, 5) is 25.7. The van der Waals surface area contributed by atoms with Crippen LogP contribution in [0.5, 0.6) is 11.5 Å². The number of likely N-dealkylation sites (N-methyl/N-ethyl adjacent to an activating group) is 1. The SMILES string of the molecule is COc1ccc(OC)c(/C=C/C(=O)N(C)CC(=O)Nc2ccc(Cl)c(Cl)c2)c1. The summed E-state index contributed by atoms with van der Waals surface area (Å²) in [5, 5.41) is 3.39. The molecule has 1 N–H and O–H groups in total. The largest absolute Gasteiger partial charge is 0.497 e. The second-order valence-corrected chi connectivity index (χ2v) is 6.63. The number of nitrogens with one attached hydrogen (secondary N) is 1.